The monoisotopic (exact) mass is 307 g/mol. The fraction of sp³-hybridized carbons (Fsp3) is 0.0588. The molecule has 3 rings (SSSR count). The van der Waals surface area contributed by atoms with Gasteiger partial charge in [-0.3, -0.25) is 4.98 Å². The molecule has 22 heavy (non-hydrogen) atoms. The van der Waals surface area contributed by atoms with Crippen LogP contribution in [0.15, 0.2) is 60.9 Å². The minimum atomic E-state index is -0.764. The van der Waals surface area contributed by atoms with Crippen molar-refractivity contribution < 1.29 is 5.11 Å². The molecular weight excluding hydrogens is 294 g/mol. The van der Waals surface area contributed by atoms with Crippen LogP contribution in [-0.4, -0.2) is 10.1 Å². The highest BCUT2D eigenvalue weighted by Crippen LogP contribution is 2.32. The zero-order chi connectivity index (χ0) is 15.4. The number of rotatable bonds is 4. The minimum Gasteiger partial charge on any atom is -0.369 e. The van der Waals surface area contributed by atoms with E-state index in [2.05, 4.69) is 16.4 Å². The first-order valence-electron chi connectivity index (χ1n) is 6.71. The molecule has 3 aromatic rings. The summed E-state index contributed by atoms with van der Waals surface area (Å²) in [5, 5.41) is 22.1. The molecule has 2 aromatic heterocycles. The van der Waals surface area contributed by atoms with Crippen molar-refractivity contribution in [2.45, 2.75) is 6.23 Å². The molecule has 4 nitrogen and oxygen atoms in total. The summed E-state index contributed by atoms with van der Waals surface area (Å²) in [5.74, 6) is 0. The van der Waals surface area contributed by atoms with Crippen LogP contribution in [0.25, 0.3) is 10.4 Å². The molecule has 0 spiro atoms. The van der Waals surface area contributed by atoms with Crippen molar-refractivity contribution in [1.82, 2.24) is 4.98 Å². The average molecular weight is 307 g/mol. The molecule has 0 aliphatic carbocycles. The van der Waals surface area contributed by atoms with Crippen molar-refractivity contribution >= 4 is 17.0 Å². The van der Waals surface area contributed by atoms with Gasteiger partial charge in [0.15, 0.2) is 6.23 Å². The lowest BCUT2D eigenvalue weighted by atomic mass is 10.1. The lowest BCUT2D eigenvalue weighted by Crippen LogP contribution is -2.07. The van der Waals surface area contributed by atoms with Crippen molar-refractivity contribution in [3.05, 3.63) is 71.4 Å². The second-order valence-electron chi connectivity index (χ2n) is 4.67. The van der Waals surface area contributed by atoms with Crippen molar-refractivity contribution in [2.75, 3.05) is 5.32 Å². The molecular formula is C17H13N3OS. The number of pyridine rings is 1. The molecule has 0 aliphatic rings. The van der Waals surface area contributed by atoms with Crippen LogP contribution in [0.4, 0.5) is 5.69 Å². The first kappa shape index (κ1) is 14.3. The van der Waals surface area contributed by atoms with E-state index >= 15 is 0 Å². The van der Waals surface area contributed by atoms with E-state index in [1.165, 1.54) is 11.3 Å². The molecule has 0 bridgehead atoms. The maximum Gasteiger partial charge on any atom is 0.160 e. The maximum absolute atomic E-state index is 10.3. The molecule has 2 heterocycles. The van der Waals surface area contributed by atoms with Gasteiger partial charge in [0.2, 0.25) is 0 Å². The Morgan fingerprint density at radius 2 is 1.77 bits per heavy atom. The van der Waals surface area contributed by atoms with Gasteiger partial charge in [0.25, 0.3) is 0 Å². The van der Waals surface area contributed by atoms with E-state index in [0.29, 0.717) is 5.56 Å². The number of hydrogen-bond donors (Lipinski definition) is 2. The number of hydrogen-bond acceptors (Lipinski definition) is 5. The zero-order valence-corrected chi connectivity index (χ0v) is 12.4. The van der Waals surface area contributed by atoms with Gasteiger partial charge in [-0.15, -0.1) is 11.3 Å². The number of thiophene rings is 1. The van der Waals surface area contributed by atoms with E-state index < -0.39 is 6.23 Å². The lowest BCUT2D eigenvalue weighted by Gasteiger charge is -2.11. The summed E-state index contributed by atoms with van der Waals surface area (Å²) in [4.78, 5) is 5.82. The van der Waals surface area contributed by atoms with Gasteiger partial charge >= 0.3 is 0 Å². The number of nitrogens with zero attached hydrogens (tertiary/aromatic N) is 2. The van der Waals surface area contributed by atoms with Crippen LogP contribution >= 0.6 is 11.3 Å². The van der Waals surface area contributed by atoms with E-state index in [1.54, 1.807) is 36.7 Å². The van der Waals surface area contributed by atoms with Crippen molar-refractivity contribution in [3.63, 3.8) is 0 Å². The van der Waals surface area contributed by atoms with Gasteiger partial charge < -0.3 is 10.4 Å². The Morgan fingerprint density at radius 1 is 1.05 bits per heavy atom. The quantitative estimate of drug-likeness (QED) is 0.720. The van der Waals surface area contributed by atoms with Gasteiger partial charge in [-0.25, -0.2) is 0 Å². The van der Waals surface area contributed by atoms with Crippen molar-refractivity contribution in [3.8, 4) is 16.5 Å². The standard InChI is InChI=1S/C17H13N3OS/c18-11-12-1-3-13(4-2-12)15-5-6-16(22-15)17(21)20-14-7-9-19-10-8-14/h1-10,17,21H,(H,19,20). The highest BCUT2D eigenvalue weighted by molar-refractivity contribution is 7.15. The minimum absolute atomic E-state index is 0.639. The summed E-state index contributed by atoms with van der Waals surface area (Å²) in [6.45, 7) is 0. The number of aliphatic hydroxyl groups excluding tert-OH is 1. The van der Waals surface area contributed by atoms with Crippen molar-refractivity contribution in [1.29, 1.82) is 5.26 Å². The Bertz CT molecular complexity index is 791. The van der Waals surface area contributed by atoms with Gasteiger partial charge in [-0.1, -0.05) is 12.1 Å². The highest BCUT2D eigenvalue weighted by Gasteiger charge is 2.11. The molecule has 0 saturated heterocycles. The second-order valence-corrected chi connectivity index (χ2v) is 5.79. The SMILES string of the molecule is N#Cc1ccc(-c2ccc(C(O)Nc3ccncc3)s2)cc1. The molecule has 108 valence electrons. The molecule has 0 saturated carbocycles. The highest BCUT2D eigenvalue weighted by atomic mass is 32.1. The molecule has 1 unspecified atom stereocenters. The summed E-state index contributed by atoms with van der Waals surface area (Å²) < 4.78 is 0. The summed E-state index contributed by atoms with van der Waals surface area (Å²) in [5.41, 5.74) is 2.49. The molecule has 0 aliphatic heterocycles. The molecule has 0 fully saturated rings. The second kappa shape index (κ2) is 6.39. The van der Waals surface area contributed by atoms with Gasteiger partial charge in [0, 0.05) is 23.0 Å². The first-order chi connectivity index (χ1) is 10.8. The van der Waals surface area contributed by atoms with E-state index in [0.717, 1.165) is 21.0 Å². The van der Waals surface area contributed by atoms with Crippen LogP contribution in [0.2, 0.25) is 0 Å². The van der Waals surface area contributed by atoms with Crippen LogP contribution in [0.3, 0.4) is 0 Å². The van der Waals surface area contributed by atoms with Gasteiger partial charge in [0.1, 0.15) is 0 Å². The molecule has 2 N–H and O–H groups in total. The lowest BCUT2D eigenvalue weighted by molar-refractivity contribution is 0.212. The fourth-order valence-electron chi connectivity index (χ4n) is 2.04. The van der Waals surface area contributed by atoms with E-state index in [-0.39, 0.29) is 0 Å². The Balaban J connectivity index is 1.76. The van der Waals surface area contributed by atoms with Crippen molar-refractivity contribution in [2.24, 2.45) is 0 Å². The van der Waals surface area contributed by atoms with Crippen LogP contribution in [-0.2, 0) is 0 Å². The zero-order valence-electron chi connectivity index (χ0n) is 11.6. The molecule has 0 amide bonds. The third kappa shape index (κ3) is 3.14. The molecule has 1 atom stereocenters. The number of nitriles is 1. The Labute approximate surface area is 132 Å². The van der Waals surface area contributed by atoms with E-state index in [1.807, 2.05) is 24.3 Å². The van der Waals surface area contributed by atoms with Gasteiger partial charge in [-0.2, -0.15) is 5.26 Å². The summed E-state index contributed by atoms with van der Waals surface area (Å²) in [6, 6.07) is 17.0. The molecule has 0 radical (unpaired) electrons. The third-order valence-electron chi connectivity index (χ3n) is 3.18. The van der Waals surface area contributed by atoms with Crippen LogP contribution in [0, 0.1) is 11.3 Å². The van der Waals surface area contributed by atoms with E-state index in [9.17, 15) is 5.11 Å². The largest absolute Gasteiger partial charge is 0.369 e. The number of aliphatic hydroxyl groups is 1. The smallest absolute Gasteiger partial charge is 0.160 e. The predicted octanol–water partition coefficient (Wildman–Crippen LogP) is 3.78. The van der Waals surface area contributed by atoms with Crippen LogP contribution < -0.4 is 5.32 Å². The predicted molar refractivity (Wildman–Crippen MR) is 87.3 cm³/mol. The number of aromatic nitrogens is 1. The molecule has 5 heteroatoms. The molecule has 1 aromatic carbocycles. The Hall–Kier alpha value is -2.68. The number of nitrogens with one attached hydrogen (secondary N) is 1. The topological polar surface area (TPSA) is 68.9 Å². The number of anilines is 1. The summed E-state index contributed by atoms with van der Waals surface area (Å²) in [7, 11) is 0. The van der Waals surface area contributed by atoms with E-state index in [4.69, 9.17) is 5.26 Å². The Kier molecular flexibility index (Phi) is 4.15. The fourth-order valence-corrected chi connectivity index (χ4v) is 2.99. The normalized spacial score (nSPS) is 11.6. The third-order valence-corrected chi connectivity index (χ3v) is 4.37. The van der Waals surface area contributed by atoms with Crippen LogP contribution in [0.1, 0.15) is 16.7 Å². The number of benzene rings is 1. The summed E-state index contributed by atoms with van der Waals surface area (Å²) >= 11 is 1.52. The maximum atomic E-state index is 10.3. The van der Waals surface area contributed by atoms with Gasteiger partial charge in [0.05, 0.1) is 16.5 Å². The Morgan fingerprint density at radius 3 is 2.45 bits per heavy atom. The average Bonchev–Trinajstić information content (AvgIpc) is 3.06. The van der Waals surface area contributed by atoms with Crippen LogP contribution in [0.5, 0.6) is 0 Å². The van der Waals surface area contributed by atoms with Gasteiger partial charge in [-0.05, 0) is 42.0 Å². The first-order valence-corrected chi connectivity index (χ1v) is 7.53. The summed E-state index contributed by atoms with van der Waals surface area (Å²) in [6.07, 6.45) is 2.58.